The van der Waals surface area contributed by atoms with Gasteiger partial charge in [-0.15, -0.1) is 0 Å². The average molecular weight is 237 g/mol. The van der Waals surface area contributed by atoms with Gasteiger partial charge in [-0.3, -0.25) is 0 Å². The topological polar surface area (TPSA) is 41.5 Å². The Balaban J connectivity index is 2.59. The summed E-state index contributed by atoms with van der Waals surface area (Å²) in [4.78, 5) is 0. The molecule has 0 unspecified atom stereocenters. The fourth-order valence-electron chi connectivity index (χ4n) is 1.63. The van der Waals surface area contributed by atoms with Crippen molar-refractivity contribution in [1.29, 1.82) is 0 Å². The molecular weight excluding hydrogens is 214 g/mol. The third-order valence-corrected chi connectivity index (χ3v) is 3.08. The van der Waals surface area contributed by atoms with Crippen LogP contribution >= 0.6 is 0 Å². The molecule has 17 heavy (non-hydrogen) atoms. The second-order valence-electron chi connectivity index (χ2n) is 4.25. The second kappa shape index (κ2) is 6.50. The van der Waals surface area contributed by atoms with Crippen molar-refractivity contribution < 1.29 is 9.84 Å². The van der Waals surface area contributed by atoms with Crippen molar-refractivity contribution in [3.63, 3.8) is 0 Å². The van der Waals surface area contributed by atoms with Crippen molar-refractivity contribution in [1.82, 2.24) is 0 Å². The molecule has 96 valence electrons. The maximum atomic E-state index is 10.2. The Labute approximate surface area is 104 Å². The molecule has 0 aliphatic carbocycles. The van der Waals surface area contributed by atoms with E-state index in [2.05, 4.69) is 5.32 Å². The smallest absolute Gasteiger partial charge is 0.121 e. The highest BCUT2D eigenvalue weighted by molar-refractivity contribution is 5.48. The molecular formula is C14H23NO2. The molecule has 0 saturated carbocycles. The lowest BCUT2D eigenvalue weighted by Crippen LogP contribution is -2.35. The number of benzene rings is 1. The lowest BCUT2D eigenvalue weighted by Gasteiger charge is -2.26. The highest BCUT2D eigenvalue weighted by atomic mass is 16.5. The molecule has 0 aliphatic heterocycles. The molecule has 1 rings (SSSR count). The van der Waals surface area contributed by atoms with E-state index in [1.807, 2.05) is 45.0 Å². The third kappa shape index (κ3) is 4.27. The van der Waals surface area contributed by atoms with Gasteiger partial charge in [-0.1, -0.05) is 19.9 Å². The Morgan fingerprint density at radius 3 is 2.53 bits per heavy atom. The van der Waals surface area contributed by atoms with E-state index in [4.69, 9.17) is 4.74 Å². The summed E-state index contributed by atoms with van der Waals surface area (Å²) in [7, 11) is 0. The van der Waals surface area contributed by atoms with Crippen LogP contribution in [0.5, 0.6) is 5.75 Å². The number of hydrogen-bond donors (Lipinski definition) is 2. The summed E-state index contributed by atoms with van der Waals surface area (Å²) in [6, 6.07) is 7.81. The van der Waals surface area contributed by atoms with Gasteiger partial charge in [-0.25, -0.2) is 0 Å². The summed E-state index contributed by atoms with van der Waals surface area (Å²) >= 11 is 0. The maximum absolute atomic E-state index is 10.2. The normalized spacial score (nSPS) is 11.3. The first kappa shape index (κ1) is 13.8. The van der Waals surface area contributed by atoms with Crippen molar-refractivity contribution in [2.45, 2.75) is 39.2 Å². The van der Waals surface area contributed by atoms with Crippen LogP contribution in [0, 0.1) is 0 Å². The summed E-state index contributed by atoms with van der Waals surface area (Å²) in [5.74, 6) is 0.856. The van der Waals surface area contributed by atoms with Crippen LogP contribution in [0.25, 0.3) is 0 Å². The van der Waals surface area contributed by atoms with Crippen LogP contribution in [0.15, 0.2) is 24.3 Å². The predicted molar refractivity (Wildman–Crippen MR) is 71.6 cm³/mol. The Bertz CT molecular complexity index is 335. The Morgan fingerprint density at radius 2 is 1.94 bits per heavy atom. The van der Waals surface area contributed by atoms with Gasteiger partial charge in [0.25, 0.3) is 0 Å². The fraction of sp³-hybridized carbons (Fsp3) is 0.571. The molecule has 3 nitrogen and oxygen atoms in total. The zero-order chi connectivity index (χ0) is 12.7. The number of ether oxygens (including phenoxy) is 1. The Kier molecular flexibility index (Phi) is 5.29. The monoisotopic (exact) mass is 237 g/mol. The van der Waals surface area contributed by atoms with Crippen LogP contribution < -0.4 is 10.1 Å². The third-order valence-electron chi connectivity index (χ3n) is 3.08. The molecule has 1 aromatic rings. The predicted octanol–water partition coefficient (Wildman–Crippen LogP) is 3.05. The molecule has 0 atom stereocenters. The molecule has 0 saturated heterocycles. The van der Waals surface area contributed by atoms with Crippen LogP contribution in [0.1, 0.15) is 33.6 Å². The van der Waals surface area contributed by atoms with Crippen molar-refractivity contribution in [2.75, 3.05) is 18.5 Å². The minimum absolute atomic E-state index is 0.565. The molecule has 0 spiro atoms. The van der Waals surface area contributed by atoms with Crippen molar-refractivity contribution in [3.05, 3.63) is 24.3 Å². The van der Waals surface area contributed by atoms with Crippen molar-refractivity contribution in [2.24, 2.45) is 0 Å². The highest BCUT2D eigenvalue weighted by Crippen LogP contribution is 2.20. The van der Waals surface area contributed by atoms with E-state index in [0.717, 1.165) is 24.3 Å². The van der Waals surface area contributed by atoms with Gasteiger partial charge in [-0.05, 0) is 31.9 Å². The first-order chi connectivity index (χ1) is 8.13. The van der Waals surface area contributed by atoms with Crippen molar-refractivity contribution in [3.8, 4) is 5.75 Å². The maximum Gasteiger partial charge on any atom is 0.121 e. The van der Waals surface area contributed by atoms with E-state index in [1.165, 1.54) is 0 Å². The molecule has 0 heterocycles. The zero-order valence-electron chi connectivity index (χ0n) is 11.0. The molecule has 2 N–H and O–H groups in total. The second-order valence-corrected chi connectivity index (χ2v) is 4.25. The molecule has 0 bridgehead atoms. The van der Waals surface area contributed by atoms with Gasteiger partial charge in [-0.2, -0.15) is 0 Å². The minimum Gasteiger partial charge on any atom is -0.494 e. The lowest BCUT2D eigenvalue weighted by atomic mass is 9.97. The fourth-order valence-corrected chi connectivity index (χ4v) is 1.63. The van der Waals surface area contributed by atoms with Crippen LogP contribution in [0.2, 0.25) is 0 Å². The Morgan fingerprint density at radius 1 is 1.24 bits per heavy atom. The average Bonchev–Trinajstić information content (AvgIpc) is 2.37. The quantitative estimate of drug-likeness (QED) is 0.766. The van der Waals surface area contributed by atoms with E-state index in [9.17, 15) is 5.11 Å². The molecule has 0 radical (unpaired) electrons. The number of rotatable bonds is 7. The van der Waals surface area contributed by atoms with Crippen LogP contribution in [-0.4, -0.2) is 23.9 Å². The SMILES string of the molecule is CCOc1cccc(NCC(O)(CC)CC)c1. The van der Waals surface area contributed by atoms with E-state index < -0.39 is 5.60 Å². The standard InChI is InChI=1S/C14H23NO2/c1-4-14(16,5-2)11-15-12-8-7-9-13(10-12)17-6-3/h7-10,15-16H,4-6,11H2,1-3H3. The summed E-state index contributed by atoms with van der Waals surface area (Å²) in [6.45, 7) is 7.20. The van der Waals surface area contributed by atoms with Crippen LogP contribution in [-0.2, 0) is 0 Å². The number of hydrogen-bond acceptors (Lipinski definition) is 3. The zero-order valence-corrected chi connectivity index (χ0v) is 11.0. The van der Waals surface area contributed by atoms with E-state index in [1.54, 1.807) is 0 Å². The van der Waals surface area contributed by atoms with Gasteiger partial charge in [0.2, 0.25) is 0 Å². The van der Waals surface area contributed by atoms with Gasteiger partial charge in [0.15, 0.2) is 0 Å². The number of nitrogens with one attached hydrogen (secondary N) is 1. The summed E-state index contributed by atoms with van der Waals surface area (Å²) < 4.78 is 5.43. The van der Waals surface area contributed by atoms with Gasteiger partial charge < -0.3 is 15.2 Å². The molecule has 3 heteroatoms. The molecule has 0 fully saturated rings. The van der Waals surface area contributed by atoms with Gasteiger partial charge >= 0.3 is 0 Å². The molecule has 0 amide bonds. The van der Waals surface area contributed by atoms with Crippen LogP contribution in [0.4, 0.5) is 5.69 Å². The van der Waals surface area contributed by atoms with Gasteiger partial charge in [0, 0.05) is 18.3 Å². The molecule has 0 aromatic heterocycles. The first-order valence-corrected chi connectivity index (χ1v) is 6.32. The number of aliphatic hydroxyl groups is 1. The van der Waals surface area contributed by atoms with E-state index >= 15 is 0 Å². The highest BCUT2D eigenvalue weighted by Gasteiger charge is 2.21. The van der Waals surface area contributed by atoms with Crippen LogP contribution in [0.3, 0.4) is 0 Å². The number of anilines is 1. The Hall–Kier alpha value is -1.22. The summed E-state index contributed by atoms with van der Waals surface area (Å²) in [5, 5.41) is 13.4. The van der Waals surface area contributed by atoms with Gasteiger partial charge in [0.1, 0.15) is 5.75 Å². The molecule has 1 aromatic carbocycles. The minimum atomic E-state index is -0.623. The summed E-state index contributed by atoms with van der Waals surface area (Å²) in [5.41, 5.74) is 0.359. The van der Waals surface area contributed by atoms with E-state index in [-0.39, 0.29) is 0 Å². The lowest BCUT2D eigenvalue weighted by molar-refractivity contribution is 0.0457. The largest absolute Gasteiger partial charge is 0.494 e. The van der Waals surface area contributed by atoms with E-state index in [0.29, 0.717) is 13.2 Å². The first-order valence-electron chi connectivity index (χ1n) is 6.32. The summed E-state index contributed by atoms with van der Waals surface area (Å²) in [6.07, 6.45) is 1.50. The molecule has 0 aliphatic rings. The van der Waals surface area contributed by atoms with Crippen molar-refractivity contribution >= 4 is 5.69 Å². The van der Waals surface area contributed by atoms with Gasteiger partial charge in [0.05, 0.1) is 12.2 Å².